The molecular weight excluding hydrogens is 264 g/mol. The lowest BCUT2D eigenvalue weighted by Gasteiger charge is -2.22. The molecule has 2 N–H and O–H groups in total. The van der Waals surface area contributed by atoms with Crippen LogP contribution in [0, 0.1) is 5.92 Å². The number of nitrogens with zero attached hydrogens (tertiary/aromatic N) is 2. The molecule has 0 bridgehead atoms. The molecule has 1 unspecified atom stereocenters. The first kappa shape index (κ1) is 15.8. The maximum atomic E-state index is 12.2. The Bertz CT molecular complexity index is 483. The Morgan fingerprint density at radius 3 is 2.16 bits per heavy atom. The molecule has 1 rings (SSSR count). The van der Waals surface area contributed by atoms with Gasteiger partial charge in [-0.3, -0.25) is 0 Å². The van der Waals surface area contributed by atoms with Crippen molar-refractivity contribution in [3.63, 3.8) is 0 Å². The lowest BCUT2D eigenvalue weighted by molar-refractivity contribution is 0.390. The van der Waals surface area contributed by atoms with Crippen molar-refractivity contribution in [2.45, 2.75) is 44.6 Å². The SMILES string of the molecule is CCC(CC)C(C)NS(=O)(=O)c1cnc(NC)nc1. The van der Waals surface area contributed by atoms with Crippen LogP contribution in [0.15, 0.2) is 17.3 Å². The van der Waals surface area contributed by atoms with Crippen molar-refractivity contribution in [3.05, 3.63) is 12.4 Å². The zero-order chi connectivity index (χ0) is 14.5. The Morgan fingerprint density at radius 2 is 1.74 bits per heavy atom. The first-order chi connectivity index (χ1) is 8.94. The topological polar surface area (TPSA) is 84.0 Å². The van der Waals surface area contributed by atoms with E-state index in [1.807, 2.05) is 6.92 Å². The minimum Gasteiger partial charge on any atom is -0.357 e. The Kier molecular flexibility index (Phi) is 5.68. The summed E-state index contributed by atoms with van der Waals surface area (Å²) >= 11 is 0. The van der Waals surface area contributed by atoms with Crippen LogP contribution >= 0.6 is 0 Å². The minimum absolute atomic E-state index is 0.0873. The number of rotatable bonds is 7. The largest absolute Gasteiger partial charge is 0.357 e. The predicted molar refractivity (Wildman–Crippen MR) is 75.4 cm³/mol. The van der Waals surface area contributed by atoms with E-state index < -0.39 is 10.0 Å². The first-order valence-corrected chi connectivity index (χ1v) is 7.95. The van der Waals surface area contributed by atoms with Crippen molar-refractivity contribution in [2.24, 2.45) is 5.92 Å². The molecule has 0 aromatic carbocycles. The number of sulfonamides is 1. The molecule has 6 nitrogen and oxygen atoms in total. The van der Waals surface area contributed by atoms with Gasteiger partial charge in [-0.1, -0.05) is 26.7 Å². The van der Waals surface area contributed by atoms with Gasteiger partial charge < -0.3 is 5.32 Å². The highest BCUT2D eigenvalue weighted by Crippen LogP contribution is 2.16. The van der Waals surface area contributed by atoms with Gasteiger partial charge in [0.05, 0.1) is 12.4 Å². The molecule has 0 spiro atoms. The third kappa shape index (κ3) is 4.14. The zero-order valence-corrected chi connectivity index (χ0v) is 12.7. The van der Waals surface area contributed by atoms with Crippen molar-refractivity contribution in [3.8, 4) is 0 Å². The molecule has 0 saturated carbocycles. The number of hydrogen-bond donors (Lipinski definition) is 2. The van der Waals surface area contributed by atoms with Gasteiger partial charge in [-0.05, 0) is 12.8 Å². The van der Waals surface area contributed by atoms with E-state index in [9.17, 15) is 8.42 Å². The van der Waals surface area contributed by atoms with Crippen LogP contribution in [0.1, 0.15) is 33.6 Å². The van der Waals surface area contributed by atoms with Crippen LogP contribution in [0.4, 0.5) is 5.95 Å². The van der Waals surface area contributed by atoms with Crippen molar-refractivity contribution < 1.29 is 8.42 Å². The van der Waals surface area contributed by atoms with E-state index in [0.29, 0.717) is 11.9 Å². The van der Waals surface area contributed by atoms with Gasteiger partial charge in [0.15, 0.2) is 0 Å². The Hall–Kier alpha value is -1.21. The minimum atomic E-state index is -3.55. The molecule has 0 aliphatic rings. The quantitative estimate of drug-likeness (QED) is 0.795. The van der Waals surface area contributed by atoms with Crippen molar-refractivity contribution in [1.29, 1.82) is 0 Å². The van der Waals surface area contributed by atoms with Gasteiger partial charge in [0.25, 0.3) is 0 Å². The molecule has 1 atom stereocenters. The van der Waals surface area contributed by atoms with Gasteiger partial charge in [-0.25, -0.2) is 23.1 Å². The van der Waals surface area contributed by atoms with E-state index >= 15 is 0 Å². The van der Waals surface area contributed by atoms with E-state index in [4.69, 9.17) is 0 Å². The van der Waals surface area contributed by atoms with Crippen LogP contribution in [0.2, 0.25) is 0 Å². The molecule has 0 amide bonds. The van der Waals surface area contributed by atoms with Crippen molar-refractivity contribution in [1.82, 2.24) is 14.7 Å². The highest BCUT2D eigenvalue weighted by molar-refractivity contribution is 7.89. The molecule has 7 heteroatoms. The average molecular weight is 286 g/mol. The fourth-order valence-electron chi connectivity index (χ4n) is 1.99. The lowest BCUT2D eigenvalue weighted by atomic mass is 9.96. The van der Waals surface area contributed by atoms with Crippen molar-refractivity contribution >= 4 is 16.0 Å². The standard InChI is InChI=1S/C12H22N4O2S/c1-5-10(6-2)9(3)16-19(17,18)11-7-14-12(13-4)15-8-11/h7-10,16H,5-6H2,1-4H3,(H,13,14,15). The first-order valence-electron chi connectivity index (χ1n) is 6.46. The summed E-state index contributed by atoms with van der Waals surface area (Å²) in [6.07, 6.45) is 4.49. The number of hydrogen-bond acceptors (Lipinski definition) is 5. The summed E-state index contributed by atoms with van der Waals surface area (Å²) in [7, 11) is -1.87. The average Bonchev–Trinajstić information content (AvgIpc) is 2.39. The van der Waals surface area contributed by atoms with Crippen molar-refractivity contribution in [2.75, 3.05) is 12.4 Å². The molecular formula is C12H22N4O2S. The Balaban J connectivity index is 2.85. The highest BCUT2D eigenvalue weighted by Gasteiger charge is 2.22. The zero-order valence-electron chi connectivity index (χ0n) is 11.8. The second kappa shape index (κ2) is 6.81. The van der Waals surface area contributed by atoms with E-state index in [2.05, 4.69) is 33.9 Å². The smallest absolute Gasteiger partial charge is 0.243 e. The third-order valence-corrected chi connectivity index (χ3v) is 4.77. The maximum absolute atomic E-state index is 12.2. The van der Waals surface area contributed by atoms with Gasteiger partial charge in [-0.2, -0.15) is 0 Å². The summed E-state index contributed by atoms with van der Waals surface area (Å²) < 4.78 is 27.0. The molecule has 19 heavy (non-hydrogen) atoms. The van der Waals surface area contributed by atoms with Crippen LogP contribution in [0.3, 0.4) is 0 Å². The second-order valence-corrected chi connectivity index (χ2v) is 6.19. The van der Waals surface area contributed by atoms with Crippen LogP contribution < -0.4 is 10.0 Å². The van der Waals surface area contributed by atoms with Gasteiger partial charge in [0.1, 0.15) is 4.90 Å². The fourth-order valence-corrected chi connectivity index (χ4v) is 3.19. The summed E-state index contributed by atoms with van der Waals surface area (Å²) in [4.78, 5) is 7.92. The highest BCUT2D eigenvalue weighted by atomic mass is 32.2. The van der Waals surface area contributed by atoms with Crippen LogP contribution in [-0.4, -0.2) is 31.5 Å². The van der Waals surface area contributed by atoms with E-state index in [0.717, 1.165) is 12.8 Å². The molecule has 0 radical (unpaired) electrons. The third-order valence-electron chi connectivity index (χ3n) is 3.26. The van der Waals surface area contributed by atoms with Crippen LogP contribution in [0.25, 0.3) is 0 Å². The van der Waals surface area contributed by atoms with Crippen LogP contribution in [0.5, 0.6) is 0 Å². The molecule has 0 aliphatic heterocycles. The molecule has 108 valence electrons. The maximum Gasteiger partial charge on any atom is 0.243 e. The summed E-state index contributed by atoms with van der Waals surface area (Å²) in [5, 5.41) is 2.75. The Morgan fingerprint density at radius 1 is 1.21 bits per heavy atom. The molecule has 1 aromatic heterocycles. The number of nitrogens with one attached hydrogen (secondary N) is 2. The normalized spacial score (nSPS) is 13.5. The molecule has 0 saturated heterocycles. The van der Waals surface area contributed by atoms with Crippen LogP contribution in [-0.2, 0) is 10.0 Å². The summed E-state index contributed by atoms with van der Waals surface area (Å²) in [5.41, 5.74) is 0. The van der Waals surface area contributed by atoms with Gasteiger partial charge in [0.2, 0.25) is 16.0 Å². The van der Waals surface area contributed by atoms with E-state index in [1.54, 1.807) is 7.05 Å². The summed E-state index contributed by atoms with van der Waals surface area (Å²) in [6, 6.07) is -0.107. The van der Waals surface area contributed by atoms with Gasteiger partial charge in [0, 0.05) is 13.1 Å². The van der Waals surface area contributed by atoms with Gasteiger partial charge in [-0.15, -0.1) is 0 Å². The fraction of sp³-hybridized carbons (Fsp3) is 0.667. The molecule has 0 fully saturated rings. The summed E-state index contributed by atoms with van der Waals surface area (Å²) in [6.45, 7) is 6.01. The number of anilines is 1. The lowest BCUT2D eigenvalue weighted by Crippen LogP contribution is -2.37. The molecule has 0 aliphatic carbocycles. The van der Waals surface area contributed by atoms with E-state index in [1.165, 1.54) is 12.4 Å². The molecule has 1 heterocycles. The van der Waals surface area contributed by atoms with Gasteiger partial charge >= 0.3 is 0 Å². The molecule has 1 aromatic rings. The number of aromatic nitrogens is 2. The monoisotopic (exact) mass is 286 g/mol. The van der Waals surface area contributed by atoms with E-state index in [-0.39, 0.29) is 10.9 Å². The summed E-state index contributed by atoms with van der Waals surface area (Å²) in [5.74, 6) is 0.722. The Labute approximate surface area is 115 Å². The second-order valence-electron chi connectivity index (χ2n) is 4.48. The predicted octanol–water partition coefficient (Wildman–Crippen LogP) is 1.62.